The summed E-state index contributed by atoms with van der Waals surface area (Å²) in [5.41, 5.74) is 3.19. The first-order chi connectivity index (χ1) is 12.2. The van der Waals surface area contributed by atoms with Crippen molar-refractivity contribution in [3.05, 3.63) is 46.8 Å². The standard InChI is InChI=1S/C20H27N3O2/c1-4-7-8-9-13-25-18-14-21-23-22-19(18)20(24)17-12-10-11-15(5-2)16(17)6-3/h10-12,14H,4-9,13H2,1-3H3. The van der Waals surface area contributed by atoms with E-state index < -0.39 is 0 Å². The maximum Gasteiger partial charge on any atom is 0.217 e. The highest BCUT2D eigenvalue weighted by atomic mass is 16.5. The van der Waals surface area contributed by atoms with Crippen LogP contribution < -0.4 is 4.74 Å². The van der Waals surface area contributed by atoms with E-state index in [0.717, 1.165) is 31.2 Å². The lowest BCUT2D eigenvalue weighted by Gasteiger charge is -2.13. The van der Waals surface area contributed by atoms with Crippen molar-refractivity contribution in [2.75, 3.05) is 6.61 Å². The molecule has 0 saturated heterocycles. The molecule has 5 nitrogen and oxygen atoms in total. The molecule has 0 N–H and O–H groups in total. The molecule has 0 aliphatic heterocycles. The summed E-state index contributed by atoms with van der Waals surface area (Å²) >= 11 is 0. The summed E-state index contributed by atoms with van der Waals surface area (Å²) in [6.45, 7) is 6.89. The van der Waals surface area contributed by atoms with Crippen LogP contribution in [0.3, 0.4) is 0 Å². The van der Waals surface area contributed by atoms with Gasteiger partial charge in [-0.3, -0.25) is 4.79 Å². The molecule has 0 fully saturated rings. The van der Waals surface area contributed by atoms with E-state index in [1.807, 2.05) is 12.1 Å². The quantitative estimate of drug-likeness (QED) is 0.479. The first kappa shape index (κ1) is 19.0. The molecule has 0 aliphatic rings. The smallest absolute Gasteiger partial charge is 0.217 e. The van der Waals surface area contributed by atoms with Crippen molar-refractivity contribution in [3.8, 4) is 5.75 Å². The SMILES string of the molecule is CCCCCCOc1cnnnc1C(=O)c1cccc(CC)c1CC. The average Bonchev–Trinajstić information content (AvgIpc) is 2.66. The maximum absolute atomic E-state index is 13.0. The number of ether oxygens (including phenoxy) is 1. The lowest BCUT2D eigenvalue weighted by Crippen LogP contribution is -2.13. The van der Waals surface area contributed by atoms with Crippen molar-refractivity contribution in [2.24, 2.45) is 0 Å². The van der Waals surface area contributed by atoms with Crippen molar-refractivity contribution < 1.29 is 9.53 Å². The largest absolute Gasteiger partial charge is 0.489 e. The van der Waals surface area contributed by atoms with Gasteiger partial charge in [-0.25, -0.2) is 0 Å². The molecule has 1 aromatic heterocycles. The number of unbranched alkanes of at least 4 members (excludes halogenated alkanes) is 3. The van der Waals surface area contributed by atoms with E-state index in [-0.39, 0.29) is 11.5 Å². The van der Waals surface area contributed by atoms with Crippen molar-refractivity contribution in [1.29, 1.82) is 0 Å². The Morgan fingerprint density at radius 2 is 1.92 bits per heavy atom. The second-order valence-corrected chi connectivity index (χ2v) is 6.04. The van der Waals surface area contributed by atoms with Crippen molar-refractivity contribution in [2.45, 2.75) is 59.3 Å². The van der Waals surface area contributed by atoms with Gasteiger partial charge in [0, 0.05) is 5.56 Å². The number of nitrogens with zero attached hydrogens (tertiary/aromatic N) is 3. The molecule has 1 heterocycles. The van der Waals surface area contributed by atoms with Crippen LogP contribution in [0.2, 0.25) is 0 Å². The van der Waals surface area contributed by atoms with E-state index in [0.29, 0.717) is 17.9 Å². The Hall–Kier alpha value is -2.30. The van der Waals surface area contributed by atoms with E-state index in [9.17, 15) is 4.79 Å². The van der Waals surface area contributed by atoms with Crippen LogP contribution in [-0.4, -0.2) is 27.8 Å². The number of ketones is 1. The number of carbonyl (C=O) groups is 1. The van der Waals surface area contributed by atoms with Gasteiger partial charge in [-0.2, -0.15) is 0 Å². The number of benzene rings is 1. The van der Waals surface area contributed by atoms with E-state index >= 15 is 0 Å². The highest BCUT2D eigenvalue weighted by molar-refractivity contribution is 6.10. The van der Waals surface area contributed by atoms with Gasteiger partial charge in [0.1, 0.15) is 0 Å². The van der Waals surface area contributed by atoms with Crippen molar-refractivity contribution in [1.82, 2.24) is 15.4 Å². The molecule has 5 heteroatoms. The van der Waals surface area contributed by atoms with Crippen LogP contribution in [-0.2, 0) is 12.8 Å². The molecule has 25 heavy (non-hydrogen) atoms. The third-order valence-electron chi connectivity index (χ3n) is 4.33. The molecule has 0 bridgehead atoms. The van der Waals surface area contributed by atoms with Gasteiger partial charge in [0.2, 0.25) is 5.78 Å². The summed E-state index contributed by atoms with van der Waals surface area (Å²) in [5, 5.41) is 11.4. The van der Waals surface area contributed by atoms with Crippen LogP contribution in [0.4, 0.5) is 0 Å². The van der Waals surface area contributed by atoms with Gasteiger partial charge >= 0.3 is 0 Å². The minimum atomic E-state index is -0.148. The van der Waals surface area contributed by atoms with Gasteiger partial charge in [-0.05, 0) is 35.6 Å². The fourth-order valence-corrected chi connectivity index (χ4v) is 2.96. The molecule has 0 atom stereocenters. The third kappa shape index (κ3) is 4.84. The van der Waals surface area contributed by atoms with Gasteiger partial charge in [-0.15, -0.1) is 10.2 Å². The number of hydrogen-bond acceptors (Lipinski definition) is 5. The molecule has 0 saturated carbocycles. The minimum absolute atomic E-state index is 0.148. The Morgan fingerprint density at radius 1 is 1.08 bits per heavy atom. The molecule has 0 aliphatic carbocycles. The maximum atomic E-state index is 13.0. The number of aromatic nitrogens is 3. The van der Waals surface area contributed by atoms with Gasteiger partial charge < -0.3 is 4.74 Å². The minimum Gasteiger partial charge on any atom is -0.489 e. The molecule has 2 rings (SSSR count). The Kier molecular flexibility index (Phi) is 7.51. The second-order valence-electron chi connectivity index (χ2n) is 6.04. The predicted octanol–water partition coefficient (Wildman–Crippen LogP) is 4.19. The van der Waals surface area contributed by atoms with Gasteiger partial charge in [-0.1, -0.05) is 58.2 Å². The molecule has 0 radical (unpaired) electrons. The first-order valence-corrected chi connectivity index (χ1v) is 9.19. The Morgan fingerprint density at radius 3 is 2.64 bits per heavy atom. The summed E-state index contributed by atoms with van der Waals surface area (Å²) in [7, 11) is 0. The fourth-order valence-electron chi connectivity index (χ4n) is 2.96. The van der Waals surface area contributed by atoms with E-state index in [2.05, 4.69) is 42.2 Å². The average molecular weight is 341 g/mol. The Labute approximate surface area is 149 Å². The van der Waals surface area contributed by atoms with Crippen molar-refractivity contribution in [3.63, 3.8) is 0 Å². The predicted molar refractivity (Wildman–Crippen MR) is 98.1 cm³/mol. The Bertz CT molecular complexity index is 701. The number of rotatable bonds is 10. The number of carbonyl (C=O) groups excluding carboxylic acids is 1. The first-order valence-electron chi connectivity index (χ1n) is 9.19. The Balaban J connectivity index is 2.23. The normalized spacial score (nSPS) is 10.7. The molecular formula is C20H27N3O2. The third-order valence-corrected chi connectivity index (χ3v) is 4.33. The molecule has 0 unspecified atom stereocenters. The summed E-state index contributed by atoms with van der Waals surface area (Å²) in [4.78, 5) is 13.0. The van der Waals surface area contributed by atoms with Crippen molar-refractivity contribution >= 4 is 5.78 Å². The lowest BCUT2D eigenvalue weighted by atomic mass is 9.93. The highest BCUT2D eigenvalue weighted by Crippen LogP contribution is 2.23. The second kappa shape index (κ2) is 9.87. The van der Waals surface area contributed by atoms with Gasteiger partial charge in [0.05, 0.1) is 12.8 Å². The van der Waals surface area contributed by atoms with Gasteiger partial charge in [0.15, 0.2) is 11.4 Å². The molecule has 134 valence electrons. The molecular weight excluding hydrogens is 314 g/mol. The molecule has 2 aromatic rings. The zero-order valence-electron chi connectivity index (χ0n) is 15.4. The van der Waals surface area contributed by atoms with Crippen LogP contribution in [0.25, 0.3) is 0 Å². The van der Waals surface area contributed by atoms with Crippen LogP contribution in [0.5, 0.6) is 5.75 Å². The highest BCUT2D eigenvalue weighted by Gasteiger charge is 2.21. The van der Waals surface area contributed by atoms with Crippen LogP contribution in [0, 0.1) is 0 Å². The zero-order chi connectivity index (χ0) is 18.1. The van der Waals surface area contributed by atoms with E-state index in [4.69, 9.17) is 4.74 Å². The topological polar surface area (TPSA) is 65.0 Å². The van der Waals surface area contributed by atoms with Gasteiger partial charge in [0.25, 0.3) is 0 Å². The number of hydrogen-bond donors (Lipinski definition) is 0. The summed E-state index contributed by atoms with van der Waals surface area (Å²) in [6, 6.07) is 5.84. The lowest BCUT2D eigenvalue weighted by molar-refractivity contribution is 0.102. The van der Waals surface area contributed by atoms with Crippen LogP contribution in [0.1, 0.15) is 73.6 Å². The fraction of sp³-hybridized carbons (Fsp3) is 0.500. The molecule has 0 amide bonds. The number of aryl methyl sites for hydroxylation is 1. The van der Waals surface area contributed by atoms with E-state index in [1.54, 1.807) is 0 Å². The molecule has 1 aromatic carbocycles. The monoisotopic (exact) mass is 341 g/mol. The summed E-state index contributed by atoms with van der Waals surface area (Å²) in [6.07, 6.45) is 7.61. The zero-order valence-corrected chi connectivity index (χ0v) is 15.4. The summed E-state index contributed by atoms with van der Waals surface area (Å²) < 4.78 is 5.77. The molecule has 0 spiro atoms. The van der Waals surface area contributed by atoms with Crippen LogP contribution in [0.15, 0.2) is 24.4 Å². The van der Waals surface area contributed by atoms with E-state index in [1.165, 1.54) is 24.6 Å². The summed E-state index contributed by atoms with van der Waals surface area (Å²) in [5.74, 6) is 0.270. The van der Waals surface area contributed by atoms with Crippen LogP contribution >= 0.6 is 0 Å².